The monoisotopic (exact) mass is 392 g/mol. The summed E-state index contributed by atoms with van der Waals surface area (Å²) < 4.78 is 1.97. The van der Waals surface area contributed by atoms with Gasteiger partial charge in [-0.05, 0) is 69.5 Å². The van der Waals surface area contributed by atoms with Crippen LogP contribution in [0.2, 0.25) is 0 Å². The molecule has 2 aromatic rings. The zero-order valence-electron chi connectivity index (χ0n) is 17.5. The molecule has 5 nitrogen and oxygen atoms in total. The molecule has 5 rings (SSSR count). The van der Waals surface area contributed by atoms with E-state index in [0.717, 1.165) is 57.6 Å². The smallest absolute Gasteiger partial charge is 0.274 e. The van der Waals surface area contributed by atoms with Crippen LogP contribution in [0.5, 0.6) is 0 Å². The summed E-state index contributed by atoms with van der Waals surface area (Å²) in [5.41, 5.74) is 4.73. The summed E-state index contributed by atoms with van der Waals surface area (Å²) in [4.78, 5) is 17.7. The molecule has 0 radical (unpaired) electrons. The van der Waals surface area contributed by atoms with Crippen molar-refractivity contribution in [3.63, 3.8) is 0 Å². The number of piperidine rings is 1. The van der Waals surface area contributed by atoms with Crippen molar-refractivity contribution in [3.8, 4) is 0 Å². The Morgan fingerprint density at radius 1 is 1.00 bits per heavy atom. The van der Waals surface area contributed by atoms with E-state index in [4.69, 9.17) is 0 Å². The zero-order chi connectivity index (χ0) is 19.8. The first-order valence-corrected chi connectivity index (χ1v) is 11.3. The fraction of sp³-hybridized carbons (Fsp3) is 0.583. The predicted octanol–water partition coefficient (Wildman–Crippen LogP) is 3.39. The number of carbonyl (C=O) groups excluding carboxylic acids is 1. The van der Waals surface area contributed by atoms with Gasteiger partial charge in [-0.1, -0.05) is 30.3 Å². The lowest BCUT2D eigenvalue weighted by Crippen LogP contribution is -2.44. The topological polar surface area (TPSA) is 41.4 Å². The molecule has 1 aromatic heterocycles. The van der Waals surface area contributed by atoms with Crippen LogP contribution in [0.15, 0.2) is 30.3 Å². The Kier molecular flexibility index (Phi) is 5.17. The number of likely N-dealkylation sites (tertiary alicyclic amines) is 2. The van der Waals surface area contributed by atoms with Crippen LogP contribution in [0, 0.1) is 0 Å². The normalized spacial score (nSPS) is 23.3. The molecule has 1 aromatic carbocycles. The average Bonchev–Trinajstić information content (AvgIpc) is 3.42. The number of amides is 1. The average molecular weight is 393 g/mol. The molecule has 3 aliphatic rings. The van der Waals surface area contributed by atoms with E-state index in [1.54, 1.807) is 0 Å². The van der Waals surface area contributed by atoms with Gasteiger partial charge in [0.2, 0.25) is 0 Å². The van der Waals surface area contributed by atoms with Crippen molar-refractivity contribution in [1.29, 1.82) is 0 Å². The van der Waals surface area contributed by atoms with Gasteiger partial charge in [0.25, 0.3) is 5.91 Å². The number of nitrogens with zero attached hydrogens (tertiary/aromatic N) is 4. The maximum atomic E-state index is 13.1. The van der Waals surface area contributed by atoms with Crippen molar-refractivity contribution in [1.82, 2.24) is 19.6 Å². The molecule has 0 N–H and O–H groups in total. The Labute approximate surface area is 173 Å². The minimum atomic E-state index is 0.155. The van der Waals surface area contributed by atoms with Gasteiger partial charge in [-0.25, -0.2) is 0 Å². The summed E-state index contributed by atoms with van der Waals surface area (Å²) in [5.74, 6) is 0.847. The summed E-state index contributed by atoms with van der Waals surface area (Å²) in [5, 5.41) is 4.68. The first kappa shape index (κ1) is 18.9. The minimum Gasteiger partial charge on any atom is -0.337 e. The Bertz CT molecular complexity index is 861. The third kappa shape index (κ3) is 3.61. The quantitative estimate of drug-likeness (QED) is 0.804. The lowest BCUT2D eigenvalue weighted by atomic mass is 9.85. The largest absolute Gasteiger partial charge is 0.337 e. The summed E-state index contributed by atoms with van der Waals surface area (Å²) in [6.07, 6.45) is 7.92. The highest BCUT2D eigenvalue weighted by Gasteiger charge is 2.34. The molecular formula is C24H32N4O. The number of aryl methyl sites for hydroxylation is 1. The summed E-state index contributed by atoms with van der Waals surface area (Å²) in [6.45, 7) is 4.10. The molecule has 2 aliphatic heterocycles. The molecule has 1 unspecified atom stereocenters. The van der Waals surface area contributed by atoms with Crippen LogP contribution in [0.4, 0.5) is 0 Å². The number of fused-ring (bicyclic) bond motifs is 1. The lowest BCUT2D eigenvalue weighted by Gasteiger charge is -2.39. The second kappa shape index (κ2) is 7.94. The Morgan fingerprint density at radius 2 is 1.72 bits per heavy atom. The van der Waals surface area contributed by atoms with Crippen LogP contribution in [0.3, 0.4) is 0 Å². The molecule has 0 bridgehead atoms. The van der Waals surface area contributed by atoms with Gasteiger partial charge >= 0.3 is 0 Å². The molecule has 3 heterocycles. The van der Waals surface area contributed by atoms with Crippen molar-refractivity contribution in [2.75, 3.05) is 26.2 Å². The highest BCUT2D eigenvalue weighted by atomic mass is 16.2. The van der Waals surface area contributed by atoms with Crippen molar-refractivity contribution in [3.05, 3.63) is 52.8 Å². The van der Waals surface area contributed by atoms with Crippen LogP contribution in [-0.4, -0.2) is 57.7 Å². The van der Waals surface area contributed by atoms with E-state index in [9.17, 15) is 4.79 Å². The SMILES string of the molecule is Cn1nc(C(=O)N2CCCC2)c2c1CCC(N1CCC(c3ccccc3)CC1)C2. The van der Waals surface area contributed by atoms with E-state index >= 15 is 0 Å². The number of carbonyl (C=O) groups is 1. The van der Waals surface area contributed by atoms with Gasteiger partial charge in [0.1, 0.15) is 0 Å². The molecule has 2 saturated heterocycles. The highest BCUT2D eigenvalue weighted by molar-refractivity contribution is 5.94. The first-order chi connectivity index (χ1) is 14.2. The van der Waals surface area contributed by atoms with Gasteiger partial charge in [-0.2, -0.15) is 5.10 Å². The van der Waals surface area contributed by atoms with E-state index in [2.05, 4.69) is 40.3 Å². The summed E-state index contributed by atoms with van der Waals surface area (Å²) in [6, 6.07) is 11.5. The van der Waals surface area contributed by atoms with Gasteiger partial charge in [0, 0.05) is 37.4 Å². The van der Waals surface area contributed by atoms with Crippen LogP contribution in [0.1, 0.15) is 65.3 Å². The second-order valence-corrected chi connectivity index (χ2v) is 9.01. The van der Waals surface area contributed by atoms with Crippen LogP contribution < -0.4 is 0 Å². The Hall–Kier alpha value is -2.14. The lowest BCUT2D eigenvalue weighted by molar-refractivity contribution is 0.0783. The van der Waals surface area contributed by atoms with Crippen molar-refractivity contribution in [2.24, 2.45) is 7.05 Å². The van der Waals surface area contributed by atoms with Crippen molar-refractivity contribution >= 4 is 5.91 Å². The molecule has 0 spiro atoms. The molecule has 5 heteroatoms. The maximum Gasteiger partial charge on any atom is 0.274 e. The molecule has 29 heavy (non-hydrogen) atoms. The molecule has 2 fully saturated rings. The van der Waals surface area contributed by atoms with E-state index in [1.807, 2.05) is 16.6 Å². The van der Waals surface area contributed by atoms with E-state index < -0.39 is 0 Å². The fourth-order valence-corrected chi connectivity index (χ4v) is 5.65. The molecule has 0 saturated carbocycles. The van der Waals surface area contributed by atoms with Gasteiger partial charge < -0.3 is 4.90 Å². The van der Waals surface area contributed by atoms with Crippen LogP contribution >= 0.6 is 0 Å². The molecular weight excluding hydrogens is 360 g/mol. The van der Waals surface area contributed by atoms with E-state index in [-0.39, 0.29) is 5.91 Å². The number of hydrogen-bond donors (Lipinski definition) is 0. The molecule has 1 aliphatic carbocycles. The summed E-state index contributed by atoms with van der Waals surface area (Å²) in [7, 11) is 2.01. The van der Waals surface area contributed by atoms with Gasteiger partial charge in [0.05, 0.1) is 0 Å². The second-order valence-electron chi connectivity index (χ2n) is 9.01. The Balaban J connectivity index is 1.28. The maximum absolute atomic E-state index is 13.1. The number of rotatable bonds is 3. The third-order valence-electron chi connectivity index (χ3n) is 7.34. The first-order valence-electron chi connectivity index (χ1n) is 11.3. The number of benzene rings is 1. The van der Waals surface area contributed by atoms with Gasteiger partial charge in [-0.15, -0.1) is 0 Å². The van der Waals surface area contributed by atoms with Crippen molar-refractivity contribution < 1.29 is 4.79 Å². The van der Waals surface area contributed by atoms with Crippen LogP contribution in [0.25, 0.3) is 0 Å². The fourth-order valence-electron chi connectivity index (χ4n) is 5.65. The van der Waals surface area contributed by atoms with Crippen LogP contribution in [-0.2, 0) is 19.9 Å². The Morgan fingerprint density at radius 3 is 2.45 bits per heavy atom. The summed E-state index contributed by atoms with van der Waals surface area (Å²) >= 11 is 0. The zero-order valence-corrected chi connectivity index (χ0v) is 17.5. The molecule has 154 valence electrons. The highest BCUT2D eigenvalue weighted by Crippen LogP contribution is 2.33. The molecule has 1 amide bonds. The predicted molar refractivity (Wildman–Crippen MR) is 114 cm³/mol. The number of hydrogen-bond acceptors (Lipinski definition) is 3. The van der Waals surface area contributed by atoms with E-state index in [1.165, 1.54) is 36.1 Å². The van der Waals surface area contributed by atoms with Gasteiger partial charge in [0.15, 0.2) is 5.69 Å². The van der Waals surface area contributed by atoms with Gasteiger partial charge in [-0.3, -0.25) is 14.4 Å². The molecule has 1 atom stereocenters. The minimum absolute atomic E-state index is 0.155. The number of aromatic nitrogens is 2. The standard InChI is InChI=1S/C24H32N4O/c1-26-22-10-9-20(17-21(22)23(25-26)24(29)28-13-5-6-14-28)27-15-11-19(12-16-27)18-7-3-2-4-8-18/h2-4,7-8,19-20H,5-6,9-17H2,1H3. The van der Waals surface area contributed by atoms with Crippen molar-refractivity contribution in [2.45, 2.75) is 56.9 Å². The van der Waals surface area contributed by atoms with E-state index in [0.29, 0.717) is 12.0 Å². The third-order valence-corrected chi connectivity index (χ3v) is 7.34.